The smallest absolute Gasteiger partial charge is 0.319 e. The molecule has 0 aliphatic heterocycles. The van der Waals surface area contributed by atoms with E-state index in [4.69, 9.17) is 5.11 Å². The number of anilines is 1. The van der Waals surface area contributed by atoms with Gasteiger partial charge in [0.15, 0.2) is 0 Å². The predicted molar refractivity (Wildman–Crippen MR) is 83.7 cm³/mol. The van der Waals surface area contributed by atoms with E-state index in [-0.39, 0.29) is 18.3 Å². The van der Waals surface area contributed by atoms with Gasteiger partial charge in [0.25, 0.3) is 0 Å². The van der Waals surface area contributed by atoms with Gasteiger partial charge in [0, 0.05) is 30.7 Å². The van der Waals surface area contributed by atoms with E-state index in [1.54, 1.807) is 12.1 Å². The molecule has 3 N–H and O–H groups in total. The third-order valence-corrected chi connectivity index (χ3v) is 3.27. The molecule has 2 amide bonds. The monoisotopic (exact) mass is 305 g/mol. The summed E-state index contributed by atoms with van der Waals surface area (Å²) in [5.41, 5.74) is 0.882. The standard InChI is InChI=1S/C16H20FN3O2/c1-12(5-4-10-21)18-16(22)19-15-11-13(6-7-14(15)17)20-8-2-3-9-20/h2-3,6-9,11-12,21H,4-5,10H2,1H3,(H2,18,19,22). The molecule has 1 aromatic heterocycles. The van der Waals surface area contributed by atoms with Crippen molar-refractivity contribution in [2.24, 2.45) is 0 Å². The lowest BCUT2D eigenvalue weighted by Crippen LogP contribution is -2.36. The number of amides is 2. The SMILES string of the molecule is CC(CCCO)NC(=O)Nc1cc(-n2cccc2)ccc1F. The minimum atomic E-state index is -0.492. The quantitative estimate of drug-likeness (QED) is 0.768. The van der Waals surface area contributed by atoms with Gasteiger partial charge < -0.3 is 20.3 Å². The summed E-state index contributed by atoms with van der Waals surface area (Å²) >= 11 is 0. The largest absolute Gasteiger partial charge is 0.396 e. The second kappa shape index (κ2) is 7.61. The Labute approximate surface area is 128 Å². The molecule has 0 fully saturated rings. The summed E-state index contributed by atoms with van der Waals surface area (Å²) in [7, 11) is 0. The van der Waals surface area contributed by atoms with Crippen molar-refractivity contribution in [2.45, 2.75) is 25.8 Å². The molecule has 2 aromatic rings. The van der Waals surface area contributed by atoms with Gasteiger partial charge in [-0.25, -0.2) is 9.18 Å². The van der Waals surface area contributed by atoms with Gasteiger partial charge in [0.1, 0.15) is 5.82 Å². The fraction of sp³-hybridized carbons (Fsp3) is 0.312. The molecule has 1 aromatic carbocycles. The van der Waals surface area contributed by atoms with Gasteiger partial charge >= 0.3 is 6.03 Å². The molecule has 0 bridgehead atoms. The first-order valence-electron chi connectivity index (χ1n) is 7.21. The highest BCUT2D eigenvalue weighted by molar-refractivity contribution is 5.89. The first-order chi connectivity index (χ1) is 10.6. The Bertz CT molecular complexity index is 614. The number of carbonyl (C=O) groups excluding carboxylic acids is 1. The number of benzene rings is 1. The maximum Gasteiger partial charge on any atom is 0.319 e. The molecule has 6 heteroatoms. The summed E-state index contributed by atoms with van der Waals surface area (Å²) in [5.74, 6) is -0.492. The maximum absolute atomic E-state index is 13.8. The second-order valence-corrected chi connectivity index (χ2v) is 5.12. The summed E-state index contributed by atoms with van der Waals surface area (Å²) in [5, 5.41) is 14.0. The lowest BCUT2D eigenvalue weighted by molar-refractivity contribution is 0.245. The Morgan fingerprint density at radius 2 is 2.09 bits per heavy atom. The minimum absolute atomic E-state index is 0.0845. The van der Waals surface area contributed by atoms with Crippen molar-refractivity contribution >= 4 is 11.7 Å². The van der Waals surface area contributed by atoms with Crippen LogP contribution in [0.15, 0.2) is 42.7 Å². The summed E-state index contributed by atoms with van der Waals surface area (Å²) in [4.78, 5) is 11.9. The van der Waals surface area contributed by atoms with E-state index in [1.165, 1.54) is 6.07 Å². The normalized spacial score (nSPS) is 12.0. The van der Waals surface area contributed by atoms with Gasteiger partial charge in [-0.2, -0.15) is 0 Å². The molecule has 0 saturated heterocycles. The fourth-order valence-corrected chi connectivity index (χ4v) is 2.13. The molecule has 1 atom stereocenters. The first kappa shape index (κ1) is 16.0. The van der Waals surface area contributed by atoms with E-state index in [9.17, 15) is 9.18 Å². The van der Waals surface area contributed by atoms with Crippen molar-refractivity contribution in [1.29, 1.82) is 0 Å². The van der Waals surface area contributed by atoms with Crippen molar-refractivity contribution in [2.75, 3.05) is 11.9 Å². The van der Waals surface area contributed by atoms with Gasteiger partial charge in [0.05, 0.1) is 5.69 Å². The molecule has 0 radical (unpaired) electrons. The van der Waals surface area contributed by atoms with E-state index in [1.807, 2.05) is 36.0 Å². The highest BCUT2D eigenvalue weighted by Gasteiger charge is 2.11. The number of carbonyl (C=O) groups is 1. The Morgan fingerprint density at radius 1 is 1.36 bits per heavy atom. The van der Waals surface area contributed by atoms with Crippen LogP contribution in [0.5, 0.6) is 0 Å². The van der Waals surface area contributed by atoms with Crippen molar-refractivity contribution in [3.8, 4) is 5.69 Å². The first-order valence-corrected chi connectivity index (χ1v) is 7.21. The van der Waals surface area contributed by atoms with Crippen molar-refractivity contribution in [1.82, 2.24) is 9.88 Å². The molecule has 0 aliphatic carbocycles. The number of hydrogen-bond acceptors (Lipinski definition) is 2. The van der Waals surface area contributed by atoms with Crippen LogP contribution in [-0.2, 0) is 0 Å². The van der Waals surface area contributed by atoms with E-state index in [0.717, 1.165) is 5.69 Å². The van der Waals surface area contributed by atoms with E-state index in [2.05, 4.69) is 10.6 Å². The van der Waals surface area contributed by atoms with Crippen LogP contribution in [0, 0.1) is 5.82 Å². The van der Waals surface area contributed by atoms with Gasteiger partial charge in [-0.05, 0) is 50.1 Å². The van der Waals surface area contributed by atoms with Gasteiger partial charge in [-0.3, -0.25) is 0 Å². The molecule has 118 valence electrons. The number of halogens is 1. The molecule has 0 saturated carbocycles. The van der Waals surface area contributed by atoms with E-state index < -0.39 is 11.8 Å². The Morgan fingerprint density at radius 3 is 2.77 bits per heavy atom. The maximum atomic E-state index is 13.8. The summed E-state index contributed by atoms with van der Waals surface area (Å²) in [6.07, 6.45) is 4.96. The van der Waals surface area contributed by atoms with Crippen LogP contribution in [-0.4, -0.2) is 28.4 Å². The number of nitrogens with zero attached hydrogens (tertiary/aromatic N) is 1. The highest BCUT2D eigenvalue weighted by Crippen LogP contribution is 2.19. The number of hydrogen-bond donors (Lipinski definition) is 3. The van der Waals surface area contributed by atoms with Crippen molar-refractivity contribution < 1.29 is 14.3 Å². The van der Waals surface area contributed by atoms with Crippen LogP contribution in [0.1, 0.15) is 19.8 Å². The Kier molecular flexibility index (Phi) is 5.55. The van der Waals surface area contributed by atoms with E-state index >= 15 is 0 Å². The number of rotatable bonds is 6. The average Bonchev–Trinajstić information content (AvgIpc) is 3.01. The van der Waals surface area contributed by atoms with E-state index in [0.29, 0.717) is 12.8 Å². The summed E-state index contributed by atoms with van der Waals surface area (Å²) < 4.78 is 15.7. The highest BCUT2D eigenvalue weighted by atomic mass is 19.1. The average molecular weight is 305 g/mol. The van der Waals surface area contributed by atoms with Crippen LogP contribution < -0.4 is 10.6 Å². The van der Waals surface area contributed by atoms with Crippen LogP contribution in [0.25, 0.3) is 5.69 Å². The lowest BCUT2D eigenvalue weighted by Gasteiger charge is -2.15. The van der Waals surface area contributed by atoms with Crippen molar-refractivity contribution in [3.63, 3.8) is 0 Å². The third kappa shape index (κ3) is 4.33. The molecule has 0 spiro atoms. The molecule has 22 heavy (non-hydrogen) atoms. The zero-order valence-corrected chi connectivity index (χ0v) is 12.4. The topological polar surface area (TPSA) is 66.3 Å². The lowest BCUT2D eigenvalue weighted by atomic mass is 10.2. The molecule has 2 rings (SSSR count). The molecule has 5 nitrogen and oxygen atoms in total. The number of aliphatic hydroxyl groups is 1. The molecular weight excluding hydrogens is 285 g/mol. The fourth-order valence-electron chi connectivity index (χ4n) is 2.13. The zero-order chi connectivity index (χ0) is 15.9. The van der Waals surface area contributed by atoms with Crippen LogP contribution >= 0.6 is 0 Å². The number of urea groups is 1. The minimum Gasteiger partial charge on any atom is -0.396 e. The van der Waals surface area contributed by atoms with Gasteiger partial charge in [0.2, 0.25) is 0 Å². The number of nitrogens with one attached hydrogen (secondary N) is 2. The van der Waals surface area contributed by atoms with Crippen LogP contribution in [0.2, 0.25) is 0 Å². The van der Waals surface area contributed by atoms with Gasteiger partial charge in [-0.15, -0.1) is 0 Å². The Hall–Kier alpha value is -2.34. The zero-order valence-electron chi connectivity index (χ0n) is 12.4. The Balaban J connectivity index is 2.02. The number of aromatic nitrogens is 1. The molecule has 0 aliphatic rings. The van der Waals surface area contributed by atoms with Gasteiger partial charge in [-0.1, -0.05) is 0 Å². The predicted octanol–water partition coefficient (Wildman–Crippen LogP) is 2.90. The molecular formula is C16H20FN3O2. The summed E-state index contributed by atoms with van der Waals surface area (Å²) in [6, 6.07) is 7.71. The summed E-state index contributed by atoms with van der Waals surface area (Å²) in [6.45, 7) is 1.92. The van der Waals surface area contributed by atoms with Crippen molar-refractivity contribution in [3.05, 3.63) is 48.5 Å². The number of aliphatic hydroxyl groups excluding tert-OH is 1. The van der Waals surface area contributed by atoms with Crippen LogP contribution in [0.3, 0.4) is 0 Å². The third-order valence-electron chi connectivity index (χ3n) is 3.27. The second-order valence-electron chi connectivity index (χ2n) is 5.12. The molecule has 1 heterocycles. The molecule has 1 unspecified atom stereocenters. The van der Waals surface area contributed by atoms with Crippen LogP contribution in [0.4, 0.5) is 14.9 Å².